The number of nitrogens with one attached hydrogen (secondary N) is 1. The molecule has 0 aromatic rings. The van der Waals surface area contributed by atoms with Gasteiger partial charge in [-0.2, -0.15) is 0 Å². The number of amides is 1. The number of carbonyl (C=O) groups excluding carboxylic acids is 1. The van der Waals surface area contributed by atoms with Crippen LogP contribution in [0, 0.1) is 17.3 Å². The van der Waals surface area contributed by atoms with Gasteiger partial charge in [-0.1, -0.05) is 27.7 Å². The molecule has 0 spiro atoms. The summed E-state index contributed by atoms with van der Waals surface area (Å²) in [6.07, 6.45) is 6.04. The van der Waals surface area contributed by atoms with E-state index in [1.165, 1.54) is 19.4 Å². The molecular formula is C17H32N2O. The van der Waals surface area contributed by atoms with Crippen molar-refractivity contribution in [1.82, 2.24) is 10.2 Å². The normalized spacial score (nSPS) is 21.6. The SMILES string of the molecule is CC(C)CC(C)(C)C(=O)N1CCC(NCC2CC2)CC1. The lowest BCUT2D eigenvalue weighted by atomic mass is 9.82. The maximum atomic E-state index is 12.6. The fourth-order valence-corrected chi connectivity index (χ4v) is 3.48. The molecule has 0 unspecified atom stereocenters. The lowest BCUT2D eigenvalue weighted by Gasteiger charge is -2.38. The van der Waals surface area contributed by atoms with Gasteiger partial charge >= 0.3 is 0 Å². The highest BCUT2D eigenvalue weighted by atomic mass is 16.2. The van der Waals surface area contributed by atoms with Gasteiger partial charge < -0.3 is 10.2 Å². The van der Waals surface area contributed by atoms with Crippen molar-refractivity contribution < 1.29 is 4.79 Å². The van der Waals surface area contributed by atoms with Crippen LogP contribution < -0.4 is 5.32 Å². The fraction of sp³-hybridized carbons (Fsp3) is 0.941. The predicted octanol–water partition coefficient (Wildman–Crippen LogP) is 3.05. The van der Waals surface area contributed by atoms with Crippen LogP contribution >= 0.6 is 0 Å². The van der Waals surface area contributed by atoms with Crippen LogP contribution in [-0.4, -0.2) is 36.5 Å². The van der Waals surface area contributed by atoms with Gasteiger partial charge in [0, 0.05) is 24.5 Å². The first kappa shape index (κ1) is 15.8. The maximum Gasteiger partial charge on any atom is 0.228 e. The third kappa shape index (κ3) is 4.47. The standard InChI is InChI=1S/C17H32N2O/c1-13(2)11-17(3,4)16(20)19-9-7-15(8-10-19)18-12-14-5-6-14/h13-15,18H,5-12H2,1-4H3. The monoisotopic (exact) mass is 280 g/mol. The van der Waals surface area contributed by atoms with Crippen molar-refractivity contribution in [2.75, 3.05) is 19.6 Å². The molecule has 2 aliphatic rings. The number of rotatable bonds is 6. The van der Waals surface area contributed by atoms with Gasteiger partial charge in [-0.05, 0) is 50.5 Å². The molecule has 0 aromatic heterocycles. The summed E-state index contributed by atoms with van der Waals surface area (Å²) in [5.41, 5.74) is -0.206. The minimum absolute atomic E-state index is 0.206. The van der Waals surface area contributed by atoms with E-state index in [1.807, 2.05) is 0 Å². The van der Waals surface area contributed by atoms with E-state index in [1.54, 1.807) is 0 Å². The van der Waals surface area contributed by atoms with E-state index in [4.69, 9.17) is 0 Å². The van der Waals surface area contributed by atoms with Crippen LogP contribution in [0.1, 0.15) is 59.8 Å². The van der Waals surface area contributed by atoms with Gasteiger partial charge in [-0.15, -0.1) is 0 Å². The van der Waals surface area contributed by atoms with Crippen LogP contribution in [0.3, 0.4) is 0 Å². The molecule has 1 amide bonds. The molecular weight excluding hydrogens is 248 g/mol. The zero-order valence-corrected chi connectivity index (χ0v) is 13.7. The van der Waals surface area contributed by atoms with E-state index in [0.717, 1.165) is 38.3 Å². The summed E-state index contributed by atoms with van der Waals surface area (Å²) in [4.78, 5) is 14.7. The smallest absolute Gasteiger partial charge is 0.228 e. The zero-order valence-electron chi connectivity index (χ0n) is 13.7. The summed E-state index contributed by atoms with van der Waals surface area (Å²) in [7, 11) is 0. The molecule has 1 saturated heterocycles. The molecule has 20 heavy (non-hydrogen) atoms. The Morgan fingerprint density at radius 2 is 1.80 bits per heavy atom. The van der Waals surface area contributed by atoms with Crippen molar-refractivity contribution in [3.8, 4) is 0 Å². The lowest BCUT2D eigenvalue weighted by Crippen LogP contribution is -2.49. The van der Waals surface area contributed by atoms with Gasteiger partial charge in [0.05, 0.1) is 0 Å². The van der Waals surface area contributed by atoms with Gasteiger partial charge in [0.25, 0.3) is 0 Å². The maximum absolute atomic E-state index is 12.6. The molecule has 1 aliphatic heterocycles. The highest BCUT2D eigenvalue weighted by Crippen LogP contribution is 2.30. The molecule has 1 N–H and O–H groups in total. The Kier molecular flexibility index (Phi) is 5.11. The second kappa shape index (κ2) is 6.46. The van der Waals surface area contributed by atoms with E-state index in [-0.39, 0.29) is 5.41 Å². The molecule has 3 nitrogen and oxygen atoms in total. The summed E-state index contributed by atoms with van der Waals surface area (Å²) in [5, 5.41) is 3.68. The average Bonchev–Trinajstić information content (AvgIpc) is 3.18. The molecule has 0 atom stereocenters. The van der Waals surface area contributed by atoms with E-state index in [0.29, 0.717) is 17.9 Å². The third-order valence-electron chi connectivity index (χ3n) is 4.67. The van der Waals surface area contributed by atoms with Crippen molar-refractivity contribution in [2.45, 2.75) is 65.8 Å². The van der Waals surface area contributed by atoms with Crippen LogP contribution in [0.4, 0.5) is 0 Å². The molecule has 0 bridgehead atoms. The van der Waals surface area contributed by atoms with Gasteiger partial charge in [-0.25, -0.2) is 0 Å². The van der Waals surface area contributed by atoms with Crippen molar-refractivity contribution in [1.29, 1.82) is 0 Å². The minimum atomic E-state index is -0.206. The number of piperidine rings is 1. The minimum Gasteiger partial charge on any atom is -0.342 e. The first-order valence-electron chi connectivity index (χ1n) is 8.41. The van der Waals surface area contributed by atoms with Crippen LogP contribution in [0.5, 0.6) is 0 Å². The number of hydrogen-bond donors (Lipinski definition) is 1. The molecule has 2 rings (SSSR count). The quantitative estimate of drug-likeness (QED) is 0.811. The van der Waals surface area contributed by atoms with E-state index in [2.05, 4.69) is 37.9 Å². The van der Waals surface area contributed by atoms with Gasteiger partial charge in [0.2, 0.25) is 5.91 Å². The van der Waals surface area contributed by atoms with E-state index >= 15 is 0 Å². The Morgan fingerprint density at radius 3 is 2.30 bits per heavy atom. The number of carbonyl (C=O) groups is 1. The van der Waals surface area contributed by atoms with Crippen molar-refractivity contribution in [2.24, 2.45) is 17.3 Å². The highest BCUT2D eigenvalue weighted by Gasteiger charge is 2.34. The topological polar surface area (TPSA) is 32.3 Å². The fourth-order valence-electron chi connectivity index (χ4n) is 3.48. The summed E-state index contributed by atoms with van der Waals surface area (Å²) in [6, 6.07) is 0.632. The Labute approximate surface area is 124 Å². The Hall–Kier alpha value is -0.570. The van der Waals surface area contributed by atoms with E-state index in [9.17, 15) is 4.79 Å². The Balaban J connectivity index is 1.75. The molecule has 116 valence electrons. The Bertz CT molecular complexity index is 326. The summed E-state index contributed by atoms with van der Waals surface area (Å²) < 4.78 is 0. The molecule has 0 radical (unpaired) electrons. The molecule has 2 fully saturated rings. The van der Waals surface area contributed by atoms with Gasteiger partial charge in [0.1, 0.15) is 0 Å². The van der Waals surface area contributed by atoms with Crippen LogP contribution in [-0.2, 0) is 4.79 Å². The molecule has 0 aromatic carbocycles. The molecule has 3 heteroatoms. The first-order chi connectivity index (χ1) is 9.38. The zero-order chi connectivity index (χ0) is 14.8. The summed E-state index contributed by atoms with van der Waals surface area (Å²) in [5.74, 6) is 1.87. The number of likely N-dealkylation sites (tertiary alicyclic amines) is 1. The second-order valence-corrected chi connectivity index (χ2v) is 7.90. The number of nitrogens with zero attached hydrogens (tertiary/aromatic N) is 1. The lowest BCUT2D eigenvalue weighted by molar-refractivity contribution is -0.142. The molecule has 1 aliphatic carbocycles. The summed E-state index contributed by atoms with van der Waals surface area (Å²) in [6.45, 7) is 11.7. The van der Waals surface area contributed by atoms with Crippen molar-refractivity contribution in [3.63, 3.8) is 0 Å². The van der Waals surface area contributed by atoms with Crippen LogP contribution in [0.25, 0.3) is 0 Å². The Morgan fingerprint density at radius 1 is 1.20 bits per heavy atom. The molecule has 1 saturated carbocycles. The summed E-state index contributed by atoms with van der Waals surface area (Å²) >= 11 is 0. The van der Waals surface area contributed by atoms with Crippen molar-refractivity contribution >= 4 is 5.91 Å². The first-order valence-corrected chi connectivity index (χ1v) is 8.41. The largest absolute Gasteiger partial charge is 0.342 e. The average molecular weight is 280 g/mol. The van der Waals surface area contributed by atoms with Gasteiger partial charge in [0.15, 0.2) is 0 Å². The number of hydrogen-bond acceptors (Lipinski definition) is 2. The predicted molar refractivity (Wildman–Crippen MR) is 83.6 cm³/mol. The highest BCUT2D eigenvalue weighted by molar-refractivity contribution is 5.82. The third-order valence-corrected chi connectivity index (χ3v) is 4.67. The molecule has 1 heterocycles. The second-order valence-electron chi connectivity index (χ2n) is 7.90. The van der Waals surface area contributed by atoms with Crippen molar-refractivity contribution in [3.05, 3.63) is 0 Å². The van der Waals surface area contributed by atoms with Crippen LogP contribution in [0.15, 0.2) is 0 Å². The van der Waals surface area contributed by atoms with Gasteiger partial charge in [-0.3, -0.25) is 4.79 Å². The van der Waals surface area contributed by atoms with Crippen LogP contribution in [0.2, 0.25) is 0 Å². The van der Waals surface area contributed by atoms with E-state index < -0.39 is 0 Å².